The second-order valence-corrected chi connectivity index (χ2v) is 5.94. The van der Waals surface area contributed by atoms with E-state index < -0.39 is 0 Å². The van der Waals surface area contributed by atoms with Gasteiger partial charge in [-0.15, -0.1) is 0 Å². The molecule has 0 saturated heterocycles. The number of nitrogens with one attached hydrogen (secondary N) is 2. The van der Waals surface area contributed by atoms with Crippen LogP contribution in [0.15, 0.2) is 48.7 Å². The Morgan fingerprint density at radius 1 is 1.19 bits per heavy atom. The number of anilines is 1. The molecular weight excluding hydrogens is 262 g/mol. The number of aromatic amines is 1. The fraction of sp³-hybridized carbons (Fsp3) is 0.176. The third kappa shape index (κ3) is 1.29. The van der Waals surface area contributed by atoms with Gasteiger partial charge in [-0.2, -0.15) is 5.10 Å². The highest BCUT2D eigenvalue weighted by Crippen LogP contribution is 2.64. The molecular formula is C17H13N3O. The van der Waals surface area contributed by atoms with Crippen molar-refractivity contribution in [2.24, 2.45) is 0 Å². The van der Waals surface area contributed by atoms with Gasteiger partial charge in [-0.05, 0) is 35.7 Å². The lowest BCUT2D eigenvalue weighted by molar-refractivity contribution is -0.118. The van der Waals surface area contributed by atoms with Gasteiger partial charge in [-0.1, -0.05) is 24.3 Å². The summed E-state index contributed by atoms with van der Waals surface area (Å²) in [6.07, 6.45) is 2.72. The average Bonchev–Trinajstić information content (AvgIpc) is 2.97. The van der Waals surface area contributed by atoms with Gasteiger partial charge in [-0.3, -0.25) is 9.89 Å². The van der Waals surface area contributed by atoms with Crippen molar-refractivity contribution in [1.29, 1.82) is 0 Å². The maximum atomic E-state index is 12.5. The van der Waals surface area contributed by atoms with E-state index in [4.69, 9.17) is 0 Å². The number of H-pyrrole nitrogens is 1. The first-order valence-corrected chi connectivity index (χ1v) is 7.13. The number of hydrogen-bond donors (Lipinski definition) is 2. The van der Waals surface area contributed by atoms with Crippen molar-refractivity contribution < 1.29 is 4.79 Å². The van der Waals surface area contributed by atoms with Crippen LogP contribution in [0, 0.1) is 0 Å². The van der Waals surface area contributed by atoms with Crippen LogP contribution in [-0.2, 0) is 10.2 Å². The number of aromatic nitrogens is 2. The van der Waals surface area contributed by atoms with Gasteiger partial charge in [0, 0.05) is 17.0 Å². The zero-order valence-corrected chi connectivity index (χ0v) is 11.3. The molecule has 1 fully saturated rings. The normalized spacial score (nSPS) is 26.1. The molecule has 102 valence electrons. The second-order valence-electron chi connectivity index (χ2n) is 5.94. The summed E-state index contributed by atoms with van der Waals surface area (Å²) in [5, 5.41) is 11.1. The summed E-state index contributed by atoms with van der Waals surface area (Å²) < 4.78 is 0. The van der Waals surface area contributed by atoms with E-state index in [9.17, 15) is 4.79 Å². The van der Waals surface area contributed by atoms with E-state index in [0.29, 0.717) is 0 Å². The van der Waals surface area contributed by atoms with Crippen molar-refractivity contribution in [3.63, 3.8) is 0 Å². The molecule has 2 aromatic carbocycles. The van der Waals surface area contributed by atoms with Crippen LogP contribution in [0.2, 0.25) is 0 Å². The van der Waals surface area contributed by atoms with Gasteiger partial charge in [0.25, 0.3) is 0 Å². The third-order valence-corrected chi connectivity index (χ3v) is 4.89. The van der Waals surface area contributed by atoms with Gasteiger partial charge in [0.1, 0.15) is 0 Å². The minimum Gasteiger partial charge on any atom is -0.325 e. The van der Waals surface area contributed by atoms with Gasteiger partial charge in [-0.25, -0.2) is 0 Å². The van der Waals surface area contributed by atoms with Crippen molar-refractivity contribution >= 4 is 22.5 Å². The summed E-state index contributed by atoms with van der Waals surface area (Å²) in [5.74, 6) is 0.404. The Hall–Kier alpha value is -2.62. The summed E-state index contributed by atoms with van der Waals surface area (Å²) in [5.41, 5.74) is 4.01. The van der Waals surface area contributed by atoms with E-state index in [1.165, 1.54) is 5.56 Å². The molecule has 2 atom stereocenters. The molecule has 1 amide bonds. The van der Waals surface area contributed by atoms with Gasteiger partial charge < -0.3 is 5.32 Å². The number of rotatable bonds is 1. The topological polar surface area (TPSA) is 57.8 Å². The van der Waals surface area contributed by atoms with Crippen LogP contribution >= 0.6 is 0 Å². The summed E-state index contributed by atoms with van der Waals surface area (Å²) in [6.45, 7) is 0. The van der Waals surface area contributed by atoms with E-state index in [1.54, 1.807) is 0 Å². The predicted octanol–water partition coefficient (Wildman–Crippen LogP) is 2.94. The largest absolute Gasteiger partial charge is 0.325 e. The standard InChI is InChI=1S/C17H13N3O/c21-16-17(12-3-1-2-4-15(12)19-16)8-13(17)10-5-6-14-11(7-10)9-18-20-14/h1-7,9,13H,8H2,(H,18,20)(H,19,21)/t13-,17?/m0/s1. The van der Waals surface area contributed by atoms with Crippen molar-refractivity contribution in [3.05, 3.63) is 59.8 Å². The number of hydrogen-bond acceptors (Lipinski definition) is 2. The summed E-state index contributed by atoms with van der Waals surface area (Å²) in [6, 6.07) is 14.3. The predicted molar refractivity (Wildman–Crippen MR) is 80.2 cm³/mol. The van der Waals surface area contributed by atoms with Crippen LogP contribution in [0.5, 0.6) is 0 Å². The lowest BCUT2D eigenvalue weighted by Gasteiger charge is -2.08. The first-order chi connectivity index (χ1) is 10.3. The van der Waals surface area contributed by atoms with Crippen LogP contribution in [0.1, 0.15) is 23.5 Å². The zero-order chi connectivity index (χ0) is 14.0. The Morgan fingerprint density at radius 2 is 2.10 bits per heavy atom. The highest BCUT2D eigenvalue weighted by Gasteiger charge is 2.64. The summed E-state index contributed by atoms with van der Waals surface area (Å²) in [4.78, 5) is 12.5. The Bertz CT molecular complexity index is 898. The van der Waals surface area contributed by atoms with E-state index >= 15 is 0 Å². The summed E-state index contributed by atoms with van der Waals surface area (Å²) in [7, 11) is 0. The highest BCUT2D eigenvalue weighted by atomic mass is 16.2. The molecule has 0 bridgehead atoms. The van der Waals surface area contributed by atoms with Gasteiger partial charge >= 0.3 is 0 Å². The quantitative estimate of drug-likeness (QED) is 0.717. The molecule has 2 aliphatic rings. The number of fused-ring (bicyclic) bond motifs is 3. The smallest absolute Gasteiger partial charge is 0.235 e. The molecule has 1 saturated carbocycles. The Kier molecular flexibility index (Phi) is 1.86. The maximum absolute atomic E-state index is 12.5. The van der Waals surface area contributed by atoms with Crippen molar-refractivity contribution in [2.75, 3.05) is 5.32 Å². The van der Waals surface area contributed by atoms with Gasteiger partial charge in [0.05, 0.1) is 17.1 Å². The molecule has 0 radical (unpaired) electrons. The van der Waals surface area contributed by atoms with E-state index in [-0.39, 0.29) is 17.2 Å². The molecule has 2 N–H and O–H groups in total. The molecule has 1 aromatic heterocycles. The summed E-state index contributed by atoms with van der Waals surface area (Å²) >= 11 is 0. The number of carbonyl (C=O) groups is 1. The van der Waals surface area contributed by atoms with Crippen molar-refractivity contribution in [2.45, 2.75) is 17.8 Å². The lowest BCUT2D eigenvalue weighted by atomic mass is 9.92. The molecule has 21 heavy (non-hydrogen) atoms. The Balaban J connectivity index is 1.63. The molecule has 1 unspecified atom stereocenters. The van der Waals surface area contributed by atoms with Crippen LogP contribution < -0.4 is 5.32 Å². The number of nitrogens with zero attached hydrogens (tertiary/aromatic N) is 1. The molecule has 5 rings (SSSR count). The highest BCUT2D eigenvalue weighted by molar-refractivity contribution is 6.09. The Labute approximate surface area is 121 Å². The molecule has 3 aromatic rings. The van der Waals surface area contributed by atoms with E-state index in [0.717, 1.165) is 28.6 Å². The van der Waals surface area contributed by atoms with Gasteiger partial charge in [0.15, 0.2) is 0 Å². The van der Waals surface area contributed by atoms with Crippen LogP contribution in [0.25, 0.3) is 10.9 Å². The molecule has 4 nitrogen and oxygen atoms in total. The SMILES string of the molecule is O=C1Nc2ccccc2C12C[C@H]2c1ccc2[nH]ncc2c1. The van der Waals surface area contributed by atoms with E-state index in [2.05, 4.69) is 33.7 Å². The average molecular weight is 275 g/mol. The fourth-order valence-electron chi connectivity index (χ4n) is 3.73. The maximum Gasteiger partial charge on any atom is 0.235 e. The number of amides is 1. The molecule has 1 aliphatic heterocycles. The fourth-order valence-corrected chi connectivity index (χ4v) is 3.73. The lowest BCUT2D eigenvalue weighted by Crippen LogP contribution is -2.20. The monoisotopic (exact) mass is 275 g/mol. The van der Waals surface area contributed by atoms with Crippen molar-refractivity contribution in [1.82, 2.24) is 10.2 Å². The third-order valence-electron chi connectivity index (χ3n) is 4.89. The minimum absolute atomic E-state index is 0.140. The van der Waals surface area contributed by atoms with Crippen LogP contribution in [0.3, 0.4) is 0 Å². The first-order valence-electron chi connectivity index (χ1n) is 7.13. The molecule has 1 spiro atoms. The zero-order valence-electron chi connectivity index (χ0n) is 11.3. The molecule has 1 aliphatic carbocycles. The molecule has 2 heterocycles. The second kappa shape index (κ2) is 3.52. The van der Waals surface area contributed by atoms with Gasteiger partial charge in [0.2, 0.25) is 5.91 Å². The molecule has 4 heteroatoms. The van der Waals surface area contributed by atoms with E-state index in [1.807, 2.05) is 30.5 Å². The number of para-hydroxylation sites is 1. The first kappa shape index (κ1) is 11.1. The number of carbonyl (C=O) groups excluding carboxylic acids is 1. The van der Waals surface area contributed by atoms with Crippen molar-refractivity contribution in [3.8, 4) is 0 Å². The Morgan fingerprint density at radius 3 is 3.05 bits per heavy atom. The number of benzene rings is 2. The minimum atomic E-state index is -0.353. The van der Waals surface area contributed by atoms with Crippen LogP contribution in [-0.4, -0.2) is 16.1 Å². The van der Waals surface area contributed by atoms with Crippen LogP contribution in [0.4, 0.5) is 5.69 Å².